The number of anilines is 1. The molecule has 2 heterocycles. The Kier molecular flexibility index (Phi) is 4.36. The summed E-state index contributed by atoms with van der Waals surface area (Å²) < 4.78 is 1.72. The molecule has 1 saturated heterocycles. The summed E-state index contributed by atoms with van der Waals surface area (Å²) in [4.78, 5) is 16.3. The van der Waals surface area contributed by atoms with Gasteiger partial charge >= 0.3 is 0 Å². The molecule has 2 rings (SSSR count). The van der Waals surface area contributed by atoms with Gasteiger partial charge in [-0.2, -0.15) is 0 Å². The van der Waals surface area contributed by atoms with Crippen LogP contribution in [0.25, 0.3) is 0 Å². The Bertz CT molecular complexity index is 443. The van der Waals surface area contributed by atoms with E-state index in [9.17, 15) is 4.79 Å². The molecule has 2 atom stereocenters. The normalized spacial score (nSPS) is 23.9. The fraction of sp³-hybridized carbons (Fsp3) is 0.692. The van der Waals surface area contributed by atoms with Crippen molar-refractivity contribution in [2.75, 3.05) is 11.9 Å². The number of piperidine rings is 1. The van der Waals surface area contributed by atoms with Crippen LogP contribution in [0.4, 0.5) is 5.82 Å². The molecule has 0 aliphatic carbocycles. The summed E-state index contributed by atoms with van der Waals surface area (Å²) in [5.41, 5.74) is -0.0166. The molecule has 1 fully saturated rings. The summed E-state index contributed by atoms with van der Waals surface area (Å²) in [5, 5.41) is 6.70. The van der Waals surface area contributed by atoms with Crippen LogP contribution in [0, 0.1) is 0 Å². The SMILES string of the molecule is CCCn1ccnc(NC2CCCNC2C)c1=O. The van der Waals surface area contributed by atoms with Crippen molar-refractivity contribution >= 4 is 5.82 Å². The van der Waals surface area contributed by atoms with Crippen molar-refractivity contribution in [2.24, 2.45) is 0 Å². The molecule has 0 amide bonds. The molecule has 2 N–H and O–H groups in total. The zero-order valence-corrected chi connectivity index (χ0v) is 11.1. The van der Waals surface area contributed by atoms with Gasteiger partial charge in [0.25, 0.3) is 5.56 Å². The van der Waals surface area contributed by atoms with Gasteiger partial charge in [-0.05, 0) is 32.7 Å². The highest BCUT2D eigenvalue weighted by molar-refractivity contribution is 5.33. The smallest absolute Gasteiger partial charge is 0.293 e. The minimum atomic E-state index is -0.0166. The molecule has 1 aliphatic rings. The fourth-order valence-electron chi connectivity index (χ4n) is 2.38. The second-order valence-electron chi connectivity index (χ2n) is 4.91. The number of aromatic nitrogens is 2. The average Bonchev–Trinajstić information content (AvgIpc) is 2.37. The Morgan fingerprint density at radius 3 is 3.17 bits per heavy atom. The van der Waals surface area contributed by atoms with Crippen molar-refractivity contribution in [2.45, 2.75) is 51.7 Å². The van der Waals surface area contributed by atoms with Crippen LogP contribution in [0.3, 0.4) is 0 Å². The summed E-state index contributed by atoms with van der Waals surface area (Å²) in [6, 6.07) is 0.663. The molecule has 1 aliphatic heterocycles. The predicted molar refractivity (Wildman–Crippen MR) is 72.9 cm³/mol. The molecule has 5 heteroatoms. The van der Waals surface area contributed by atoms with Gasteiger partial charge in [0.2, 0.25) is 0 Å². The summed E-state index contributed by atoms with van der Waals surface area (Å²) in [7, 11) is 0. The second-order valence-corrected chi connectivity index (χ2v) is 4.91. The first-order chi connectivity index (χ1) is 8.72. The molecule has 2 unspecified atom stereocenters. The van der Waals surface area contributed by atoms with E-state index in [0.29, 0.717) is 11.9 Å². The molecule has 18 heavy (non-hydrogen) atoms. The van der Waals surface area contributed by atoms with E-state index in [2.05, 4.69) is 29.5 Å². The van der Waals surface area contributed by atoms with Crippen LogP contribution < -0.4 is 16.2 Å². The van der Waals surface area contributed by atoms with Crippen molar-refractivity contribution in [1.29, 1.82) is 0 Å². The van der Waals surface area contributed by atoms with Gasteiger partial charge in [0.15, 0.2) is 5.82 Å². The topological polar surface area (TPSA) is 59.0 Å². The first kappa shape index (κ1) is 13.1. The van der Waals surface area contributed by atoms with Gasteiger partial charge in [0, 0.05) is 31.0 Å². The van der Waals surface area contributed by atoms with Crippen molar-refractivity contribution in [3.8, 4) is 0 Å². The molecule has 0 radical (unpaired) electrons. The van der Waals surface area contributed by atoms with Gasteiger partial charge in [-0.3, -0.25) is 4.79 Å². The van der Waals surface area contributed by atoms with Crippen molar-refractivity contribution in [3.05, 3.63) is 22.7 Å². The number of nitrogens with one attached hydrogen (secondary N) is 2. The van der Waals surface area contributed by atoms with Crippen molar-refractivity contribution in [1.82, 2.24) is 14.9 Å². The van der Waals surface area contributed by atoms with Gasteiger partial charge in [-0.1, -0.05) is 6.92 Å². The molecule has 100 valence electrons. The predicted octanol–water partition coefficient (Wildman–Crippen LogP) is 1.21. The summed E-state index contributed by atoms with van der Waals surface area (Å²) in [6.45, 7) is 6.01. The maximum absolute atomic E-state index is 12.2. The minimum Gasteiger partial charge on any atom is -0.361 e. The summed E-state index contributed by atoms with van der Waals surface area (Å²) in [6.07, 6.45) is 6.61. The maximum atomic E-state index is 12.2. The number of rotatable bonds is 4. The number of nitrogens with zero attached hydrogens (tertiary/aromatic N) is 2. The summed E-state index contributed by atoms with van der Waals surface area (Å²) in [5.74, 6) is 0.478. The minimum absolute atomic E-state index is 0.0166. The monoisotopic (exact) mass is 250 g/mol. The van der Waals surface area contributed by atoms with Gasteiger partial charge in [-0.25, -0.2) is 4.98 Å². The Labute approximate surface area is 108 Å². The number of hydrogen-bond donors (Lipinski definition) is 2. The van der Waals surface area contributed by atoms with E-state index >= 15 is 0 Å². The maximum Gasteiger partial charge on any atom is 0.293 e. The molecule has 0 bridgehead atoms. The lowest BCUT2D eigenvalue weighted by molar-refractivity contribution is 0.388. The molecular weight excluding hydrogens is 228 g/mol. The Morgan fingerprint density at radius 2 is 2.44 bits per heavy atom. The fourth-order valence-corrected chi connectivity index (χ4v) is 2.38. The van der Waals surface area contributed by atoms with Crippen LogP contribution in [-0.2, 0) is 6.54 Å². The largest absolute Gasteiger partial charge is 0.361 e. The highest BCUT2D eigenvalue weighted by Gasteiger charge is 2.21. The van der Waals surface area contributed by atoms with E-state index in [1.165, 1.54) is 0 Å². The van der Waals surface area contributed by atoms with E-state index in [1.807, 2.05) is 0 Å². The third-order valence-electron chi connectivity index (χ3n) is 3.46. The number of hydrogen-bond acceptors (Lipinski definition) is 4. The van der Waals surface area contributed by atoms with Crippen LogP contribution in [0.15, 0.2) is 17.2 Å². The summed E-state index contributed by atoms with van der Waals surface area (Å²) >= 11 is 0. The molecule has 0 saturated carbocycles. The molecule has 1 aromatic rings. The Balaban J connectivity index is 2.13. The third-order valence-corrected chi connectivity index (χ3v) is 3.46. The first-order valence-electron chi connectivity index (χ1n) is 6.77. The molecular formula is C13H22N4O. The second kappa shape index (κ2) is 6.00. The van der Waals surface area contributed by atoms with Crippen LogP contribution in [0.1, 0.15) is 33.1 Å². The molecule has 0 spiro atoms. The third kappa shape index (κ3) is 2.90. The molecule has 5 nitrogen and oxygen atoms in total. The van der Waals surface area contributed by atoms with Crippen molar-refractivity contribution < 1.29 is 0 Å². The zero-order chi connectivity index (χ0) is 13.0. The lowest BCUT2D eigenvalue weighted by Crippen LogP contribution is -2.47. The highest BCUT2D eigenvalue weighted by Crippen LogP contribution is 2.11. The van der Waals surface area contributed by atoms with Gasteiger partial charge < -0.3 is 15.2 Å². The Morgan fingerprint density at radius 1 is 1.61 bits per heavy atom. The van der Waals surface area contributed by atoms with Gasteiger partial charge in [0.1, 0.15) is 0 Å². The lowest BCUT2D eigenvalue weighted by atomic mass is 10.00. The lowest BCUT2D eigenvalue weighted by Gasteiger charge is -2.30. The van der Waals surface area contributed by atoms with E-state index < -0.39 is 0 Å². The van der Waals surface area contributed by atoms with E-state index in [0.717, 1.165) is 32.4 Å². The van der Waals surface area contributed by atoms with E-state index in [1.54, 1.807) is 17.0 Å². The van der Waals surface area contributed by atoms with Gasteiger partial charge in [0.05, 0.1) is 0 Å². The zero-order valence-electron chi connectivity index (χ0n) is 11.1. The average molecular weight is 250 g/mol. The van der Waals surface area contributed by atoms with Crippen LogP contribution in [0.5, 0.6) is 0 Å². The quantitative estimate of drug-likeness (QED) is 0.843. The standard InChI is InChI=1S/C13H22N4O/c1-3-8-17-9-7-15-12(13(17)18)16-11-5-4-6-14-10(11)2/h7,9-11,14H,3-6,8H2,1-2H3,(H,15,16). The van der Waals surface area contributed by atoms with Gasteiger partial charge in [-0.15, -0.1) is 0 Å². The first-order valence-corrected chi connectivity index (χ1v) is 6.77. The van der Waals surface area contributed by atoms with Crippen LogP contribution in [-0.4, -0.2) is 28.2 Å². The van der Waals surface area contributed by atoms with Crippen molar-refractivity contribution in [3.63, 3.8) is 0 Å². The van der Waals surface area contributed by atoms with E-state index in [4.69, 9.17) is 0 Å². The number of aryl methyl sites for hydroxylation is 1. The molecule has 0 aromatic carbocycles. The molecule has 1 aromatic heterocycles. The van der Waals surface area contributed by atoms with Crippen LogP contribution in [0.2, 0.25) is 0 Å². The van der Waals surface area contributed by atoms with Crippen LogP contribution >= 0.6 is 0 Å². The van der Waals surface area contributed by atoms with E-state index in [-0.39, 0.29) is 11.6 Å². The highest BCUT2D eigenvalue weighted by atomic mass is 16.1. The Hall–Kier alpha value is -1.36.